The number of carbonyl (C=O) groups is 3. The van der Waals surface area contributed by atoms with Crippen LogP contribution in [0, 0.1) is 5.92 Å². The maximum Gasteiger partial charge on any atom is 0.336 e. The molecule has 124 valence electrons. The number of rotatable bonds is 8. The molecule has 3 atom stereocenters. The maximum atomic E-state index is 11.9. The van der Waals surface area contributed by atoms with Gasteiger partial charge < -0.3 is 14.2 Å². The van der Waals surface area contributed by atoms with Crippen molar-refractivity contribution in [1.29, 1.82) is 0 Å². The third-order valence-electron chi connectivity index (χ3n) is 2.65. The van der Waals surface area contributed by atoms with Gasteiger partial charge in [-0.05, 0) is 27.2 Å². The molecule has 0 saturated carbocycles. The van der Waals surface area contributed by atoms with E-state index in [4.69, 9.17) is 14.2 Å². The average molecular weight is 312 g/mol. The van der Waals surface area contributed by atoms with Crippen molar-refractivity contribution < 1.29 is 28.6 Å². The maximum absolute atomic E-state index is 11.9. The summed E-state index contributed by atoms with van der Waals surface area (Å²) in [5.74, 6) is -2.19. The summed E-state index contributed by atoms with van der Waals surface area (Å²) >= 11 is 0. The molecule has 0 amide bonds. The van der Waals surface area contributed by atoms with E-state index in [-0.39, 0.29) is 5.57 Å². The molecule has 0 fully saturated rings. The van der Waals surface area contributed by atoms with E-state index in [1.165, 1.54) is 13.8 Å². The molecule has 0 aromatic rings. The molecule has 0 N–H and O–H groups in total. The van der Waals surface area contributed by atoms with E-state index in [9.17, 15) is 14.4 Å². The van der Waals surface area contributed by atoms with Crippen molar-refractivity contribution in [3.8, 4) is 0 Å². The van der Waals surface area contributed by atoms with Crippen LogP contribution in [0.3, 0.4) is 0 Å². The molecular weight excluding hydrogens is 288 g/mol. The third-order valence-corrected chi connectivity index (χ3v) is 2.65. The predicted octanol–water partition coefficient (Wildman–Crippen LogP) is 2.53. The Bertz CT molecular complexity index is 465. The number of hydrogen-bond acceptors (Lipinski definition) is 6. The summed E-state index contributed by atoms with van der Waals surface area (Å²) in [5, 5.41) is 0. The minimum Gasteiger partial charge on any atom is -0.459 e. The summed E-state index contributed by atoms with van der Waals surface area (Å²) in [5.41, 5.74) is 0.513. The first kappa shape index (κ1) is 19.9. The highest BCUT2D eigenvalue weighted by atomic mass is 16.7. The van der Waals surface area contributed by atoms with Gasteiger partial charge in [-0.15, -0.1) is 0 Å². The Balaban J connectivity index is 4.31. The molecule has 0 aromatic carbocycles. The first-order valence-corrected chi connectivity index (χ1v) is 6.98. The quantitative estimate of drug-likeness (QED) is 0.389. The van der Waals surface area contributed by atoms with Gasteiger partial charge in [0, 0.05) is 18.1 Å². The zero-order chi connectivity index (χ0) is 17.4. The third kappa shape index (κ3) is 7.61. The molecule has 6 heteroatoms. The molecule has 0 spiro atoms. The van der Waals surface area contributed by atoms with Crippen LogP contribution in [0.5, 0.6) is 0 Å². The Labute approximate surface area is 131 Å². The number of esters is 3. The summed E-state index contributed by atoms with van der Waals surface area (Å²) in [7, 11) is 0. The summed E-state index contributed by atoms with van der Waals surface area (Å²) < 4.78 is 15.0. The van der Waals surface area contributed by atoms with Crippen molar-refractivity contribution >= 4 is 17.9 Å². The van der Waals surface area contributed by atoms with Crippen molar-refractivity contribution in [1.82, 2.24) is 0 Å². The summed E-state index contributed by atoms with van der Waals surface area (Å²) in [6, 6.07) is 0. The second-order valence-electron chi connectivity index (χ2n) is 5.32. The minimum absolute atomic E-state index is 0.219. The van der Waals surface area contributed by atoms with Crippen molar-refractivity contribution in [3.05, 3.63) is 24.3 Å². The Morgan fingerprint density at radius 2 is 1.32 bits per heavy atom. The van der Waals surface area contributed by atoms with Crippen LogP contribution in [-0.4, -0.2) is 30.3 Å². The van der Waals surface area contributed by atoms with Crippen molar-refractivity contribution in [2.24, 2.45) is 5.92 Å². The molecule has 0 aliphatic heterocycles. The van der Waals surface area contributed by atoms with E-state index in [2.05, 4.69) is 13.2 Å². The van der Waals surface area contributed by atoms with Crippen LogP contribution in [0.15, 0.2) is 24.3 Å². The minimum atomic E-state index is -1.01. The molecule has 0 bridgehead atoms. The molecule has 3 unspecified atom stereocenters. The summed E-state index contributed by atoms with van der Waals surface area (Å²) in [6.45, 7) is 14.7. The molecule has 22 heavy (non-hydrogen) atoms. The van der Waals surface area contributed by atoms with Gasteiger partial charge in [0.1, 0.15) is 6.10 Å². The average Bonchev–Trinajstić information content (AvgIpc) is 2.37. The SMILES string of the molecule is C=C(C)C(=O)OC(C)CC(C)C(=O)OC(C)OC(=O)C(=C)C. The lowest BCUT2D eigenvalue weighted by atomic mass is 10.0. The Kier molecular flexibility index (Phi) is 8.15. The van der Waals surface area contributed by atoms with Crippen LogP contribution in [0.25, 0.3) is 0 Å². The van der Waals surface area contributed by atoms with Gasteiger partial charge in [-0.1, -0.05) is 20.1 Å². The fourth-order valence-corrected chi connectivity index (χ4v) is 1.48. The molecule has 6 nitrogen and oxygen atoms in total. The Hall–Kier alpha value is -2.11. The standard InChI is InChI=1S/C16H24O6/c1-9(2)14(17)20-12(6)8-11(5)16(19)22-13(7)21-15(18)10(3)4/h11-13H,1,3,8H2,2,4-7H3. The highest BCUT2D eigenvalue weighted by Gasteiger charge is 2.23. The highest BCUT2D eigenvalue weighted by molar-refractivity contribution is 5.87. The van der Waals surface area contributed by atoms with Gasteiger partial charge in [0.25, 0.3) is 0 Å². The van der Waals surface area contributed by atoms with Gasteiger partial charge in [-0.3, -0.25) is 4.79 Å². The smallest absolute Gasteiger partial charge is 0.336 e. The van der Waals surface area contributed by atoms with Crippen LogP contribution in [0.1, 0.15) is 41.0 Å². The zero-order valence-electron chi connectivity index (χ0n) is 13.8. The molecule has 0 rings (SSSR count). The van der Waals surface area contributed by atoms with E-state index >= 15 is 0 Å². The molecule has 0 aromatic heterocycles. The number of hydrogen-bond donors (Lipinski definition) is 0. The van der Waals surface area contributed by atoms with Gasteiger partial charge in [-0.25, -0.2) is 9.59 Å². The van der Waals surface area contributed by atoms with Crippen LogP contribution in [0.4, 0.5) is 0 Å². The lowest BCUT2D eigenvalue weighted by molar-refractivity contribution is -0.185. The van der Waals surface area contributed by atoms with Crippen molar-refractivity contribution in [3.63, 3.8) is 0 Å². The Morgan fingerprint density at radius 3 is 1.77 bits per heavy atom. The van der Waals surface area contributed by atoms with E-state index in [0.29, 0.717) is 12.0 Å². The van der Waals surface area contributed by atoms with Gasteiger partial charge in [0.15, 0.2) is 0 Å². The summed E-state index contributed by atoms with van der Waals surface area (Å²) in [4.78, 5) is 34.5. The van der Waals surface area contributed by atoms with Crippen LogP contribution in [-0.2, 0) is 28.6 Å². The zero-order valence-corrected chi connectivity index (χ0v) is 13.8. The van der Waals surface area contributed by atoms with E-state index < -0.39 is 36.2 Å². The highest BCUT2D eigenvalue weighted by Crippen LogP contribution is 2.13. The van der Waals surface area contributed by atoms with Gasteiger partial charge in [0.05, 0.1) is 5.92 Å². The fourth-order valence-electron chi connectivity index (χ4n) is 1.48. The second-order valence-corrected chi connectivity index (χ2v) is 5.32. The first-order valence-electron chi connectivity index (χ1n) is 6.98. The van der Waals surface area contributed by atoms with Crippen molar-refractivity contribution in [2.75, 3.05) is 0 Å². The molecule has 0 aliphatic carbocycles. The van der Waals surface area contributed by atoms with Gasteiger partial charge in [-0.2, -0.15) is 0 Å². The molecule has 0 radical (unpaired) electrons. The summed E-state index contributed by atoms with van der Waals surface area (Å²) in [6.07, 6.45) is -1.17. The lowest BCUT2D eigenvalue weighted by Gasteiger charge is -2.19. The first-order chi connectivity index (χ1) is 10.0. The number of carbonyl (C=O) groups excluding carboxylic acids is 3. The fraction of sp³-hybridized carbons (Fsp3) is 0.562. The molecule has 0 saturated heterocycles. The van der Waals surface area contributed by atoms with Gasteiger partial charge >= 0.3 is 17.9 Å². The van der Waals surface area contributed by atoms with E-state index in [1.54, 1.807) is 20.8 Å². The topological polar surface area (TPSA) is 78.9 Å². The van der Waals surface area contributed by atoms with Gasteiger partial charge in [0.2, 0.25) is 6.29 Å². The van der Waals surface area contributed by atoms with E-state index in [1.807, 2.05) is 0 Å². The Morgan fingerprint density at radius 1 is 0.864 bits per heavy atom. The van der Waals surface area contributed by atoms with Crippen LogP contribution < -0.4 is 0 Å². The lowest BCUT2D eigenvalue weighted by Crippen LogP contribution is -2.28. The van der Waals surface area contributed by atoms with Crippen LogP contribution >= 0.6 is 0 Å². The monoisotopic (exact) mass is 312 g/mol. The predicted molar refractivity (Wildman–Crippen MR) is 80.6 cm³/mol. The van der Waals surface area contributed by atoms with Crippen LogP contribution in [0.2, 0.25) is 0 Å². The second kappa shape index (κ2) is 9.02. The molecule has 0 aliphatic rings. The number of ether oxygens (including phenoxy) is 3. The van der Waals surface area contributed by atoms with Crippen molar-refractivity contribution in [2.45, 2.75) is 53.4 Å². The molecule has 0 heterocycles. The molecular formula is C16H24O6. The normalized spacial score (nSPS) is 14.2. The largest absolute Gasteiger partial charge is 0.459 e. The van der Waals surface area contributed by atoms with E-state index in [0.717, 1.165) is 0 Å².